The van der Waals surface area contributed by atoms with Crippen LogP contribution in [-0.4, -0.2) is 10.2 Å². The lowest BCUT2D eigenvalue weighted by atomic mass is 10.2. The van der Waals surface area contributed by atoms with E-state index in [9.17, 15) is 4.39 Å². The van der Waals surface area contributed by atoms with Crippen molar-refractivity contribution in [1.82, 2.24) is 10.2 Å². The molecule has 1 N–H and O–H groups in total. The summed E-state index contributed by atoms with van der Waals surface area (Å²) in [4.78, 5) is 0. The summed E-state index contributed by atoms with van der Waals surface area (Å²) in [7, 11) is 0. The number of para-hydroxylation sites is 1. The van der Waals surface area contributed by atoms with Gasteiger partial charge in [0.25, 0.3) is 0 Å². The van der Waals surface area contributed by atoms with Gasteiger partial charge in [0.2, 0.25) is 11.8 Å². The van der Waals surface area contributed by atoms with Crippen molar-refractivity contribution in [2.24, 2.45) is 0 Å². The van der Waals surface area contributed by atoms with Gasteiger partial charge >= 0.3 is 0 Å². The highest BCUT2D eigenvalue weighted by Crippen LogP contribution is 2.22. The Kier molecular flexibility index (Phi) is 3.96. The van der Waals surface area contributed by atoms with Crippen LogP contribution >= 0.6 is 15.9 Å². The van der Waals surface area contributed by atoms with Gasteiger partial charge in [-0.05, 0) is 52.3 Å². The van der Waals surface area contributed by atoms with Crippen LogP contribution in [0.15, 0.2) is 57.4 Å². The van der Waals surface area contributed by atoms with Gasteiger partial charge in [-0.3, -0.25) is 0 Å². The number of nitrogens with zero attached hydrogens (tertiary/aromatic N) is 2. The smallest absolute Gasteiger partial charge is 0.247 e. The van der Waals surface area contributed by atoms with E-state index < -0.39 is 0 Å². The molecule has 0 aliphatic rings. The number of halogens is 2. The van der Waals surface area contributed by atoms with Gasteiger partial charge in [0, 0.05) is 15.7 Å². The third kappa shape index (κ3) is 3.28. The van der Waals surface area contributed by atoms with E-state index in [1.807, 2.05) is 24.3 Å². The van der Waals surface area contributed by atoms with Crippen LogP contribution in [0.4, 0.5) is 10.1 Å². The van der Waals surface area contributed by atoms with Crippen molar-refractivity contribution in [3.05, 3.63) is 64.7 Å². The van der Waals surface area contributed by atoms with E-state index in [1.165, 1.54) is 12.1 Å². The number of hydrogen-bond acceptors (Lipinski definition) is 4. The van der Waals surface area contributed by atoms with Crippen LogP contribution in [0.25, 0.3) is 11.5 Å². The average molecular weight is 348 g/mol. The Morgan fingerprint density at radius 1 is 1.05 bits per heavy atom. The quantitative estimate of drug-likeness (QED) is 0.766. The molecule has 0 aliphatic carbocycles. The molecule has 3 aromatic rings. The summed E-state index contributed by atoms with van der Waals surface area (Å²) in [6, 6.07) is 13.7. The maximum Gasteiger partial charge on any atom is 0.247 e. The summed E-state index contributed by atoms with van der Waals surface area (Å²) >= 11 is 3.45. The lowest BCUT2D eigenvalue weighted by Crippen LogP contribution is -2.00. The molecular weight excluding hydrogens is 337 g/mol. The maximum absolute atomic E-state index is 12.9. The van der Waals surface area contributed by atoms with Gasteiger partial charge in [0.1, 0.15) is 5.82 Å². The number of hydrogen-bond donors (Lipinski definition) is 1. The molecule has 106 valence electrons. The van der Waals surface area contributed by atoms with E-state index in [4.69, 9.17) is 4.42 Å². The van der Waals surface area contributed by atoms with E-state index in [1.54, 1.807) is 12.1 Å². The number of anilines is 1. The largest absolute Gasteiger partial charge is 0.419 e. The van der Waals surface area contributed by atoms with E-state index in [-0.39, 0.29) is 5.82 Å². The zero-order valence-electron chi connectivity index (χ0n) is 10.9. The molecule has 0 fully saturated rings. The molecule has 6 heteroatoms. The third-order valence-electron chi connectivity index (χ3n) is 2.86. The van der Waals surface area contributed by atoms with Crippen LogP contribution in [0.5, 0.6) is 0 Å². The fourth-order valence-corrected chi connectivity index (χ4v) is 2.23. The van der Waals surface area contributed by atoms with Crippen molar-refractivity contribution < 1.29 is 8.81 Å². The van der Waals surface area contributed by atoms with Gasteiger partial charge < -0.3 is 9.73 Å². The van der Waals surface area contributed by atoms with Crippen LogP contribution in [0.3, 0.4) is 0 Å². The zero-order chi connectivity index (χ0) is 14.7. The average Bonchev–Trinajstić information content (AvgIpc) is 2.96. The monoisotopic (exact) mass is 347 g/mol. The topological polar surface area (TPSA) is 51.0 Å². The molecule has 21 heavy (non-hydrogen) atoms. The summed E-state index contributed by atoms with van der Waals surface area (Å²) in [5.41, 5.74) is 1.63. The van der Waals surface area contributed by atoms with E-state index >= 15 is 0 Å². The van der Waals surface area contributed by atoms with Gasteiger partial charge in [0.15, 0.2) is 0 Å². The van der Waals surface area contributed by atoms with Gasteiger partial charge in [-0.1, -0.05) is 12.1 Å². The Labute approximate surface area is 129 Å². The Morgan fingerprint density at radius 3 is 2.57 bits per heavy atom. The normalized spacial score (nSPS) is 10.6. The van der Waals surface area contributed by atoms with Gasteiger partial charge in [-0.25, -0.2) is 4.39 Å². The lowest BCUT2D eigenvalue weighted by molar-refractivity contribution is 0.515. The van der Waals surface area contributed by atoms with Gasteiger partial charge in [-0.15, -0.1) is 10.2 Å². The Morgan fingerprint density at radius 2 is 1.81 bits per heavy atom. The number of aromatic nitrogens is 2. The van der Waals surface area contributed by atoms with Crippen LogP contribution in [0.2, 0.25) is 0 Å². The molecule has 1 aromatic heterocycles. The summed E-state index contributed by atoms with van der Waals surface area (Å²) < 4.78 is 19.4. The highest BCUT2D eigenvalue weighted by Gasteiger charge is 2.09. The summed E-state index contributed by atoms with van der Waals surface area (Å²) in [5, 5.41) is 11.1. The van der Waals surface area contributed by atoms with Crippen molar-refractivity contribution in [1.29, 1.82) is 0 Å². The predicted molar refractivity (Wildman–Crippen MR) is 81.2 cm³/mol. The summed E-state index contributed by atoms with van der Waals surface area (Å²) in [6.45, 7) is 0.414. The molecule has 3 rings (SSSR count). The first-order chi connectivity index (χ1) is 10.2. The Bertz CT molecular complexity index is 743. The SMILES string of the molecule is Fc1ccc(-c2nnc(CNc3ccccc3Br)o2)cc1. The molecular formula is C15H11BrFN3O. The number of rotatable bonds is 4. The molecule has 1 heterocycles. The van der Waals surface area contributed by atoms with Crippen molar-refractivity contribution in [2.45, 2.75) is 6.54 Å². The molecule has 0 radical (unpaired) electrons. The summed E-state index contributed by atoms with van der Waals surface area (Å²) in [6.07, 6.45) is 0. The minimum atomic E-state index is -0.297. The molecule has 0 atom stereocenters. The molecule has 0 unspecified atom stereocenters. The van der Waals surface area contributed by atoms with Crippen molar-refractivity contribution in [3.8, 4) is 11.5 Å². The molecule has 4 nitrogen and oxygen atoms in total. The predicted octanol–water partition coefficient (Wildman–Crippen LogP) is 4.25. The zero-order valence-corrected chi connectivity index (χ0v) is 12.5. The van der Waals surface area contributed by atoms with Gasteiger partial charge in [-0.2, -0.15) is 0 Å². The highest BCUT2D eigenvalue weighted by atomic mass is 79.9. The van der Waals surface area contributed by atoms with Crippen LogP contribution in [0, 0.1) is 5.82 Å². The second-order valence-electron chi connectivity index (χ2n) is 4.34. The molecule has 0 aliphatic heterocycles. The Balaban J connectivity index is 1.71. The number of benzene rings is 2. The van der Waals surface area contributed by atoms with Crippen molar-refractivity contribution in [2.75, 3.05) is 5.32 Å². The molecule has 0 saturated heterocycles. The minimum Gasteiger partial charge on any atom is -0.419 e. The van der Waals surface area contributed by atoms with Crippen molar-refractivity contribution in [3.63, 3.8) is 0 Å². The summed E-state index contributed by atoms with van der Waals surface area (Å²) in [5.74, 6) is 0.540. The molecule has 0 saturated carbocycles. The van der Waals surface area contributed by atoms with Gasteiger partial charge in [0.05, 0.1) is 6.54 Å². The molecule has 0 bridgehead atoms. The standard InChI is InChI=1S/C15H11BrFN3O/c16-12-3-1-2-4-13(12)18-9-14-19-20-15(21-14)10-5-7-11(17)8-6-10/h1-8,18H,9H2. The first-order valence-electron chi connectivity index (χ1n) is 6.29. The maximum atomic E-state index is 12.9. The molecule has 0 amide bonds. The number of nitrogens with one attached hydrogen (secondary N) is 1. The van der Waals surface area contributed by atoms with Crippen LogP contribution in [0.1, 0.15) is 5.89 Å². The van der Waals surface area contributed by atoms with Crippen LogP contribution < -0.4 is 5.32 Å². The van der Waals surface area contributed by atoms with E-state index in [2.05, 4.69) is 31.4 Å². The minimum absolute atomic E-state index is 0.297. The van der Waals surface area contributed by atoms with Crippen LogP contribution in [-0.2, 0) is 6.54 Å². The van der Waals surface area contributed by atoms with Crippen molar-refractivity contribution >= 4 is 21.6 Å². The fourth-order valence-electron chi connectivity index (χ4n) is 1.81. The highest BCUT2D eigenvalue weighted by molar-refractivity contribution is 9.10. The first-order valence-corrected chi connectivity index (χ1v) is 7.08. The van der Waals surface area contributed by atoms with E-state index in [0.717, 1.165) is 10.2 Å². The molecule has 0 spiro atoms. The third-order valence-corrected chi connectivity index (χ3v) is 3.55. The fraction of sp³-hybridized carbons (Fsp3) is 0.0667. The Hall–Kier alpha value is -2.21. The van der Waals surface area contributed by atoms with E-state index in [0.29, 0.717) is 23.9 Å². The second kappa shape index (κ2) is 6.05. The molecule has 2 aromatic carbocycles. The first kappa shape index (κ1) is 13.8. The second-order valence-corrected chi connectivity index (χ2v) is 5.20. The lowest BCUT2D eigenvalue weighted by Gasteiger charge is -2.05.